The first-order chi connectivity index (χ1) is 11.0. The van der Waals surface area contributed by atoms with Crippen molar-refractivity contribution >= 4 is 17.5 Å². The van der Waals surface area contributed by atoms with Gasteiger partial charge < -0.3 is 9.47 Å². The van der Waals surface area contributed by atoms with Crippen molar-refractivity contribution in [3.8, 4) is 11.5 Å². The van der Waals surface area contributed by atoms with Crippen LogP contribution < -0.4 is 14.4 Å². The van der Waals surface area contributed by atoms with E-state index in [0.29, 0.717) is 0 Å². The summed E-state index contributed by atoms with van der Waals surface area (Å²) in [6.45, 7) is -3.05. The van der Waals surface area contributed by atoms with E-state index < -0.39 is 18.4 Å². The number of carbonyl (C=O) groups is 2. The van der Waals surface area contributed by atoms with Gasteiger partial charge in [0.1, 0.15) is 0 Å². The summed E-state index contributed by atoms with van der Waals surface area (Å²) in [6, 6.07) is 10.3. The Kier molecular flexibility index (Phi) is 3.69. The monoisotopic (exact) mass is 319 g/mol. The van der Waals surface area contributed by atoms with Crippen LogP contribution in [0.1, 0.15) is 20.7 Å². The molecule has 0 unspecified atom stereocenters. The molecule has 0 aliphatic carbocycles. The Hall–Kier alpha value is -2.96. The Labute approximate surface area is 130 Å². The second kappa shape index (κ2) is 5.68. The third kappa shape index (κ3) is 2.50. The van der Waals surface area contributed by atoms with Crippen LogP contribution in [0.15, 0.2) is 42.5 Å². The van der Waals surface area contributed by atoms with E-state index in [4.69, 9.17) is 4.74 Å². The van der Waals surface area contributed by atoms with E-state index in [2.05, 4.69) is 4.74 Å². The molecule has 1 aliphatic heterocycles. The lowest BCUT2D eigenvalue weighted by Gasteiger charge is -2.17. The molecular weight excluding hydrogens is 308 g/mol. The van der Waals surface area contributed by atoms with Gasteiger partial charge in [0.25, 0.3) is 11.8 Å². The van der Waals surface area contributed by atoms with E-state index in [1.807, 2.05) is 0 Å². The summed E-state index contributed by atoms with van der Waals surface area (Å²) in [7, 11) is 1.30. The molecule has 0 radical (unpaired) electrons. The quantitative estimate of drug-likeness (QED) is 0.813. The van der Waals surface area contributed by atoms with Crippen LogP contribution in [0.4, 0.5) is 14.5 Å². The maximum Gasteiger partial charge on any atom is 0.387 e. The zero-order valence-electron chi connectivity index (χ0n) is 12.0. The molecule has 0 saturated heterocycles. The third-order valence-corrected chi connectivity index (χ3v) is 3.42. The molecule has 1 aliphatic rings. The molecule has 2 amide bonds. The Morgan fingerprint density at radius 1 is 0.957 bits per heavy atom. The van der Waals surface area contributed by atoms with Crippen LogP contribution in [0.5, 0.6) is 11.5 Å². The Bertz CT molecular complexity index is 756. The third-order valence-electron chi connectivity index (χ3n) is 3.42. The predicted octanol–water partition coefficient (Wildman–Crippen LogP) is 3.10. The van der Waals surface area contributed by atoms with Crippen LogP contribution in [0.3, 0.4) is 0 Å². The fourth-order valence-corrected chi connectivity index (χ4v) is 2.42. The second-order valence-corrected chi connectivity index (χ2v) is 4.70. The molecule has 1 heterocycles. The number of methoxy groups -OCH3 is 1. The Morgan fingerprint density at radius 3 is 2.09 bits per heavy atom. The Balaban J connectivity index is 2.03. The van der Waals surface area contributed by atoms with Gasteiger partial charge in [0.05, 0.1) is 23.9 Å². The highest BCUT2D eigenvalue weighted by molar-refractivity contribution is 6.34. The van der Waals surface area contributed by atoms with Gasteiger partial charge in [-0.25, -0.2) is 4.90 Å². The van der Waals surface area contributed by atoms with Gasteiger partial charge in [-0.3, -0.25) is 9.59 Å². The van der Waals surface area contributed by atoms with Gasteiger partial charge in [0.2, 0.25) is 0 Å². The zero-order valence-corrected chi connectivity index (χ0v) is 12.0. The Morgan fingerprint density at radius 2 is 1.57 bits per heavy atom. The number of alkyl halides is 2. The molecule has 2 aromatic carbocycles. The van der Waals surface area contributed by atoms with Crippen molar-refractivity contribution in [3.63, 3.8) is 0 Å². The fraction of sp³-hybridized carbons (Fsp3) is 0.125. The predicted molar refractivity (Wildman–Crippen MR) is 77.2 cm³/mol. The number of ether oxygens (including phenoxy) is 2. The van der Waals surface area contributed by atoms with Crippen LogP contribution in [0, 0.1) is 0 Å². The average Bonchev–Trinajstić information content (AvgIpc) is 2.79. The van der Waals surface area contributed by atoms with E-state index in [1.165, 1.54) is 37.4 Å². The molecular formula is C16H11F2NO4. The number of nitrogens with zero attached hydrogens (tertiary/aromatic N) is 1. The van der Waals surface area contributed by atoms with Crippen LogP contribution in [-0.2, 0) is 0 Å². The van der Waals surface area contributed by atoms with Crippen molar-refractivity contribution in [3.05, 3.63) is 53.6 Å². The van der Waals surface area contributed by atoms with E-state index in [1.54, 1.807) is 12.1 Å². The molecule has 0 bridgehead atoms. The number of rotatable bonds is 4. The van der Waals surface area contributed by atoms with Crippen molar-refractivity contribution in [2.75, 3.05) is 12.0 Å². The molecule has 23 heavy (non-hydrogen) atoms. The number of amides is 2. The second-order valence-electron chi connectivity index (χ2n) is 4.70. The van der Waals surface area contributed by atoms with Crippen molar-refractivity contribution in [1.29, 1.82) is 0 Å². The molecule has 0 atom stereocenters. The van der Waals surface area contributed by atoms with Crippen molar-refractivity contribution < 1.29 is 27.8 Å². The average molecular weight is 319 g/mol. The largest absolute Gasteiger partial charge is 0.493 e. The number of halogens is 2. The van der Waals surface area contributed by atoms with Crippen molar-refractivity contribution in [2.24, 2.45) is 0 Å². The zero-order chi connectivity index (χ0) is 16.6. The van der Waals surface area contributed by atoms with Crippen LogP contribution >= 0.6 is 0 Å². The van der Waals surface area contributed by atoms with Gasteiger partial charge >= 0.3 is 6.61 Å². The van der Waals surface area contributed by atoms with Gasteiger partial charge in [-0.2, -0.15) is 8.78 Å². The van der Waals surface area contributed by atoms with Gasteiger partial charge in [-0.1, -0.05) is 12.1 Å². The standard InChI is InChI=1S/C16H11F2NO4/c1-22-12-7-6-9(8-13(12)23-16(17)18)19-14(20)10-4-2-3-5-11(10)15(19)21/h2-8,16H,1H3. The summed E-state index contributed by atoms with van der Waals surface area (Å²) in [4.78, 5) is 25.7. The first kappa shape index (κ1) is 15.0. The van der Waals surface area contributed by atoms with E-state index in [-0.39, 0.29) is 28.3 Å². The molecule has 0 fully saturated rings. The molecule has 0 saturated carbocycles. The SMILES string of the molecule is COc1ccc(N2C(=O)c3ccccc3C2=O)cc1OC(F)F. The molecule has 0 N–H and O–H groups in total. The highest BCUT2D eigenvalue weighted by atomic mass is 19.3. The molecule has 5 nitrogen and oxygen atoms in total. The smallest absolute Gasteiger partial charge is 0.387 e. The molecule has 2 aromatic rings. The van der Waals surface area contributed by atoms with Crippen molar-refractivity contribution in [2.45, 2.75) is 6.61 Å². The summed E-state index contributed by atoms with van der Waals surface area (Å²) in [6.07, 6.45) is 0. The maximum atomic E-state index is 12.5. The number of carbonyl (C=O) groups excluding carboxylic acids is 2. The van der Waals surface area contributed by atoms with Crippen LogP contribution in [0.2, 0.25) is 0 Å². The minimum atomic E-state index is -3.05. The number of anilines is 1. The van der Waals surface area contributed by atoms with Crippen LogP contribution in [-0.4, -0.2) is 25.5 Å². The topological polar surface area (TPSA) is 55.8 Å². The molecule has 3 rings (SSSR count). The van der Waals surface area contributed by atoms with Gasteiger partial charge in [0, 0.05) is 6.07 Å². The summed E-state index contributed by atoms with van der Waals surface area (Å²) in [5.41, 5.74) is 0.668. The fourth-order valence-electron chi connectivity index (χ4n) is 2.42. The number of fused-ring (bicyclic) bond motifs is 1. The summed E-state index contributed by atoms with van der Waals surface area (Å²) in [5, 5.41) is 0. The minimum absolute atomic E-state index is 0.0747. The molecule has 0 aromatic heterocycles. The first-order valence-corrected chi connectivity index (χ1v) is 6.63. The first-order valence-electron chi connectivity index (χ1n) is 6.63. The van der Waals surface area contributed by atoms with E-state index in [0.717, 1.165) is 4.90 Å². The number of hydrogen-bond acceptors (Lipinski definition) is 4. The van der Waals surface area contributed by atoms with E-state index >= 15 is 0 Å². The minimum Gasteiger partial charge on any atom is -0.493 e. The van der Waals surface area contributed by atoms with Crippen LogP contribution in [0.25, 0.3) is 0 Å². The highest BCUT2D eigenvalue weighted by Gasteiger charge is 2.36. The molecule has 7 heteroatoms. The van der Waals surface area contributed by atoms with Gasteiger partial charge in [0.15, 0.2) is 11.5 Å². The number of benzene rings is 2. The molecule has 0 spiro atoms. The molecule has 118 valence electrons. The lowest BCUT2D eigenvalue weighted by Crippen LogP contribution is -2.29. The number of hydrogen-bond donors (Lipinski definition) is 0. The van der Waals surface area contributed by atoms with Gasteiger partial charge in [-0.05, 0) is 24.3 Å². The van der Waals surface area contributed by atoms with Gasteiger partial charge in [-0.15, -0.1) is 0 Å². The summed E-state index contributed by atoms with van der Waals surface area (Å²) < 4.78 is 34.3. The van der Waals surface area contributed by atoms with Crippen molar-refractivity contribution in [1.82, 2.24) is 0 Å². The van der Waals surface area contributed by atoms with E-state index in [9.17, 15) is 18.4 Å². The maximum absolute atomic E-state index is 12.5. The summed E-state index contributed by atoms with van der Waals surface area (Å²) >= 11 is 0. The lowest BCUT2D eigenvalue weighted by molar-refractivity contribution is -0.0511. The normalized spacial score (nSPS) is 13.5. The number of imide groups is 1. The highest BCUT2D eigenvalue weighted by Crippen LogP contribution is 2.36. The lowest BCUT2D eigenvalue weighted by atomic mass is 10.1. The summed E-state index contributed by atoms with van der Waals surface area (Å²) in [5.74, 6) is -1.21.